The van der Waals surface area contributed by atoms with E-state index in [1.165, 1.54) is 6.33 Å². The molecule has 90 valence electrons. The van der Waals surface area contributed by atoms with Gasteiger partial charge in [0, 0.05) is 6.54 Å². The number of aryl methyl sites for hydroxylation is 1. The van der Waals surface area contributed by atoms with E-state index in [1.54, 1.807) is 6.92 Å². The molecule has 0 aliphatic heterocycles. The lowest BCUT2D eigenvalue weighted by molar-refractivity contribution is 0.528. The third kappa shape index (κ3) is 3.73. The quantitative estimate of drug-likeness (QED) is 0.725. The Morgan fingerprint density at radius 1 is 1.50 bits per heavy atom. The molecular formula is C11H19FN4. The zero-order chi connectivity index (χ0) is 12.0. The van der Waals surface area contributed by atoms with Crippen LogP contribution >= 0.6 is 0 Å². The standard InChI is InChI=1S/C11H19FN4/c1-8(6-13)4-3-5-14-11-10(12)9(2)15-7-16-11/h7-8H,3-6,13H2,1-2H3,(H,14,15,16). The van der Waals surface area contributed by atoms with Crippen molar-refractivity contribution in [1.29, 1.82) is 0 Å². The number of nitrogens with one attached hydrogen (secondary N) is 1. The summed E-state index contributed by atoms with van der Waals surface area (Å²) in [5, 5.41) is 2.97. The first kappa shape index (κ1) is 12.8. The first-order valence-corrected chi connectivity index (χ1v) is 5.56. The molecule has 0 saturated carbocycles. The van der Waals surface area contributed by atoms with Crippen LogP contribution in [0.1, 0.15) is 25.5 Å². The van der Waals surface area contributed by atoms with E-state index in [1.807, 2.05) is 0 Å². The Morgan fingerprint density at radius 2 is 2.25 bits per heavy atom. The van der Waals surface area contributed by atoms with Gasteiger partial charge in [0.1, 0.15) is 6.33 Å². The number of nitrogens with two attached hydrogens (primary N) is 1. The second-order valence-corrected chi connectivity index (χ2v) is 4.03. The molecule has 1 rings (SSSR count). The molecule has 0 aliphatic rings. The van der Waals surface area contributed by atoms with Crippen LogP contribution in [0.5, 0.6) is 0 Å². The second kappa shape index (κ2) is 6.37. The van der Waals surface area contributed by atoms with Crippen LogP contribution in [-0.4, -0.2) is 23.1 Å². The Kier molecular flexibility index (Phi) is 5.11. The van der Waals surface area contributed by atoms with Crippen molar-refractivity contribution in [2.45, 2.75) is 26.7 Å². The Morgan fingerprint density at radius 3 is 2.94 bits per heavy atom. The van der Waals surface area contributed by atoms with E-state index in [0.717, 1.165) is 12.8 Å². The normalized spacial score (nSPS) is 12.5. The summed E-state index contributed by atoms with van der Waals surface area (Å²) in [5.41, 5.74) is 5.88. The van der Waals surface area contributed by atoms with Gasteiger partial charge in [0.25, 0.3) is 0 Å². The summed E-state index contributed by atoms with van der Waals surface area (Å²) in [6.45, 7) is 5.13. The summed E-state index contributed by atoms with van der Waals surface area (Å²) in [7, 11) is 0. The maximum Gasteiger partial charge on any atom is 0.186 e. The second-order valence-electron chi connectivity index (χ2n) is 4.03. The molecule has 16 heavy (non-hydrogen) atoms. The third-order valence-corrected chi connectivity index (χ3v) is 2.53. The van der Waals surface area contributed by atoms with Gasteiger partial charge < -0.3 is 11.1 Å². The molecule has 1 unspecified atom stereocenters. The van der Waals surface area contributed by atoms with Gasteiger partial charge in [-0.1, -0.05) is 6.92 Å². The number of halogens is 1. The third-order valence-electron chi connectivity index (χ3n) is 2.53. The molecule has 0 bridgehead atoms. The first-order valence-electron chi connectivity index (χ1n) is 5.56. The number of nitrogens with zero attached hydrogens (tertiary/aromatic N) is 2. The van der Waals surface area contributed by atoms with Crippen LogP contribution in [0.3, 0.4) is 0 Å². The van der Waals surface area contributed by atoms with Crippen molar-refractivity contribution in [2.75, 3.05) is 18.4 Å². The maximum atomic E-state index is 13.4. The Balaban J connectivity index is 2.35. The average molecular weight is 226 g/mol. The van der Waals surface area contributed by atoms with Gasteiger partial charge in [-0.2, -0.15) is 0 Å². The van der Waals surface area contributed by atoms with E-state index in [-0.39, 0.29) is 11.6 Å². The Bertz CT molecular complexity index is 330. The van der Waals surface area contributed by atoms with Gasteiger partial charge in [0.05, 0.1) is 5.69 Å². The summed E-state index contributed by atoms with van der Waals surface area (Å²) in [6, 6.07) is 0. The van der Waals surface area contributed by atoms with Crippen LogP contribution < -0.4 is 11.1 Å². The van der Waals surface area contributed by atoms with Crippen molar-refractivity contribution in [3.8, 4) is 0 Å². The highest BCUT2D eigenvalue weighted by molar-refractivity contribution is 5.36. The summed E-state index contributed by atoms with van der Waals surface area (Å²) in [4.78, 5) is 7.62. The van der Waals surface area contributed by atoms with Crippen LogP contribution in [0.25, 0.3) is 0 Å². The lowest BCUT2D eigenvalue weighted by Crippen LogP contribution is -2.13. The van der Waals surface area contributed by atoms with E-state index in [2.05, 4.69) is 22.2 Å². The summed E-state index contributed by atoms with van der Waals surface area (Å²) >= 11 is 0. The minimum Gasteiger partial charge on any atom is -0.368 e. The van der Waals surface area contributed by atoms with Gasteiger partial charge in [-0.15, -0.1) is 0 Å². The fourth-order valence-corrected chi connectivity index (χ4v) is 1.36. The van der Waals surface area contributed by atoms with Crippen LogP contribution in [0.4, 0.5) is 10.2 Å². The van der Waals surface area contributed by atoms with Gasteiger partial charge in [-0.25, -0.2) is 14.4 Å². The zero-order valence-corrected chi connectivity index (χ0v) is 9.83. The van der Waals surface area contributed by atoms with Crippen molar-refractivity contribution in [2.24, 2.45) is 11.7 Å². The van der Waals surface area contributed by atoms with E-state index in [4.69, 9.17) is 5.73 Å². The molecule has 3 N–H and O–H groups in total. The van der Waals surface area contributed by atoms with E-state index >= 15 is 0 Å². The fraction of sp³-hybridized carbons (Fsp3) is 0.636. The molecule has 0 aromatic carbocycles. The molecule has 0 fully saturated rings. The summed E-state index contributed by atoms with van der Waals surface area (Å²) in [6.07, 6.45) is 3.36. The lowest BCUT2D eigenvalue weighted by atomic mass is 10.1. The molecule has 1 atom stereocenters. The highest BCUT2D eigenvalue weighted by atomic mass is 19.1. The minimum absolute atomic E-state index is 0.285. The molecule has 0 radical (unpaired) electrons. The SMILES string of the molecule is Cc1ncnc(NCCCC(C)CN)c1F. The lowest BCUT2D eigenvalue weighted by Gasteiger charge is -2.09. The van der Waals surface area contributed by atoms with E-state index < -0.39 is 0 Å². The first-order chi connectivity index (χ1) is 7.65. The van der Waals surface area contributed by atoms with E-state index in [9.17, 15) is 4.39 Å². The molecular weight excluding hydrogens is 207 g/mol. The summed E-state index contributed by atoms with van der Waals surface area (Å²) in [5.74, 6) is 0.432. The Hall–Kier alpha value is -1.23. The molecule has 5 heteroatoms. The minimum atomic E-state index is -0.366. The largest absolute Gasteiger partial charge is 0.368 e. The monoisotopic (exact) mass is 226 g/mol. The van der Waals surface area contributed by atoms with Gasteiger partial charge in [-0.3, -0.25) is 0 Å². The summed E-state index contributed by atoms with van der Waals surface area (Å²) < 4.78 is 13.4. The number of hydrogen-bond donors (Lipinski definition) is 2. The van der Waals surface area contributed by atoms with E-state index in [0.29, 0.717) is 24.7 Å². The molecule has 0 aliphatic carbocycles. The number of hydrogen-bond acceptors (Lipinski definition) is 4. The topological polar surface area (TPSA) is 63.8 Å². The number of aromatic nitrogens is 2. The van der Waals surface area contributed by atoms with Gasteiger partial charge in [0.15, 0.2) is 11.6 Å². The average Bonchev–Trinajstić information content (AvgIpc) is 2.29. The van der Waals surface area contributed by atoms with Crippen molar-refractivity contribution < 1.29 is 4.39 Å². The molecule has 4 nitrogen and oxygen atoms in total. The van der Waals surface area contributed by atoms with Crippen molar-refractivity contribution in [3.63, 3.8) is 0 Å². The van der Waals surface area contributed by atoms with Crippen molar-refractivity contribution in [3.05, 3.63) is 17.8 Å². The molecule has 0 spiro atoms. The highest BCUT2D eigenvalue weighted by Crippen LogP contribution is 2.12. The van der Waals surface area contributed by atoms with Crippen LogP contribution in [0.2, 0.25) is 0 Å². The Labute approximate surface area is 95.5 Å². The smallest absolute Gasteiger partial charge is 0.186 e. The highest BCUT2D eigenvalue weighted by Gasteiger charge is 2.06. The molecule has 1 aromatic heterocycles. The number of rotatable bonds is 6. The van der Waals surface area contributed by atoms with Crippen LogP contribution in [0.15, 0.2) is 6.33 Å². The predicted octanol–water partition coefficient (Wildman–Crippen LogP) is 1.71. The van der Waals surface area contributed by atoms with Crippen LogP contribution in [-0.2, 0) is 0 Å². The maximum absolute atomic E-state index is 13.4. The number of anilines is 1. The predicted molar refractivity (Wildman–Crippen MR) is 62.7 cm³/mol. The molecule has 0 saturated heterocycles. The fourth-order valence-electron chi connectivity index (χ4n) is 1.36. The van der Waals surface area contributed by atoms with Gasteiger partial charge in [-0.05, 0) is 32.2 Å². The van der Waals surface area contributed by atoms with Crippen LogP contribution in [0, 0.1) is 18.7 Å². The van der Waals surface area contributed by atoms with Crippen molar-refractivity contribution in [1.82, 2.24) is 9.97 Å². The van der Waals surface area contributed by atoms with Gasteiger partial charge >= 0.3 is 0 Å². The molecule has 1 heterocycles. The molecule has 1 aromatic rings. The molecule has 0 amide bonds. The van der Waals surface area contributed by atoms with Gasteiger partial charge in [0.2, 0.25) is 0 Å². The zero-order valence-electron chi connectivity index (χ0n) is 9.83. The van der Waals surface area contributed by atoms with Crippen molar-refractivity contribution >= 4 is 5.82 Å².